The van der Waals surface area contributed by atoms with Crippen LogP contribution in [0.25, 0.3) is 0 Å². The van der Waals surface area contributed by atoms with E-state index < -0.39 is 16.1 Å². The summed E-state index contributed by atoms with van der Waals surface area (Å²) in [5.74, 6) is 0.629. The van der Waals surface area contributed by atoms with Gasteiger partial charge in [-0.1, -0.05) is 5.16 Å². The van der Waals surface area contributed by atoms with Gasteiger partial charge in [-0.2, -0.15) is 0 Å². The SMILES string of the molecule is CNCc1ccc(S(=O)(=O)NC(C)c2c(C)noc2C)s1. The Morgan fingerprint density at radius 1 is 1.38 bits per heavy atom. The standard InChI is InChI=1S/C13H19N3O3S2/c1-8-13(10(3)19-15-8)9(2)16-21(17,18)12-6-5-11(20-12)7-14-4/h5-6,9,14,16H,7H2,1-4H3. The molecular formula is C13H19N3O3S2. The van der Waals surface area contributed by atoms with Crippen LogP contribution in [0.5, 0.6) is 0 Å². The second-order valence-corrected chi connectivity index (χ2v) is 7.94. The van der Waals surface area contributed by atoms with Crippen molar-refractivity contribution in [2.75, 3.05) is 7.05 Å². The monoisotopic (exact) mass is 329 g/mol. The molecule has 0 amide bonds. The lowest BCUT2D eigenvalue weighted by Crippen LogP contribution is -2.26. The minimum Gasteiger partial charge on any atom is -0.361 e. The van der Waals surface area contributed by atoms with Gasteiger partial charge in [-0.05, 0) is 40.0 Å². The van der Waals surface area contributed by atoms with Gasteiger partial charge in [0.25, 0.3) is 10.0 Å². The second kappa shape index (κ2) is 6.27. The summed E-state index contributed by atoms with van der Waals surface area (Å²) in [5.41, 5.74) is 1.48. The van der Waals surface area contributed by atoms with E-state index in [1.54, 1.807) is 26.8 Å². The number of sulfonamides is 1. The van der Waals surface area contributed by atoms with Crippen molar-refractivity contribution in [1.29, 1.82) is 0 Å². The van der Waals surface area contributed by atoms with Crippen molar-refractivity contribution >= 4 is 21.4 Å². The van der Waals surface area contributed by atoms with Crippen LogP contribution in [0.3, 0.4) is 0 Å². The molecule has 0 spiro atoms. The molecule has 2 heterocycles. The maximum Gasteiger partial charge on any atom is 0.250 e. The first-order chi connectivity index (χ1) is 9.85. The fraction of sp³-hybridized carbons (Fsp3) is 0.462. The molecule has 2 aromatic rings. The molecule has 0 bridgehead atoms. The smallest absolute Gasteiger partial charge is 0.250 e. The highest BCUT2D eigenvalue weighted by Gasteiger charge is 2.24. The van der Waals surface area contributed by atoms with Crippen molar-refractivity contribution in [3.05, 3.63) is 34.0 Å². The molecule has 0 saturated heterocycles. The molecule has 2 aromatic heterocycles. The number of rotatable bonds is 6. The molecule has 1 atom stereocenters. The molecule has 116 valence electrons. The predicted octanol–water partition coefficient (Wildman–Crippen LogP) is 2.11. The normalized spacial score (nSPS) is 13.5. The third kappa shape index (κ3) is 3.52. The molecule has 0 aliphatic heterocycles. The summed E-state index contributed by atoms with van der Waals surface area (Å²) in [4.78, 5) is 0.975. The first-order valence-electron chi connectivity index (χ1n) is 6.53. The van der Waals surface area contributed by atoms with E-state index in [9.17, 15) is 8.42 Å². The number of nitrogens with one attached hydrogen (secondary N) is 2. The summed E-state index contributed by atoms with van der Waals surface area (Å²) in [5, 5.41) is 6.85. The largest absolute Gasteiger partial charge is 0.361 e. The summed E-state index contributed by atoms with van der Waals surface area (Å²) in [6.07, 6.45) is 0. The molecular weight excluding hydrogens is 310 g/mol. The van der Waals surface area contributed by atoms with E-state index in [-0.39, 0.29) is 0 Å². The Kier molecular flexibility index (Phi) is 4.82. The zero-order valence-electron chi connectivity index (χ0n) is 12.4. The molecule has 2 rings (SSSR count). The molecule has 21 heavy (non-hydrogen) atoms. The topological polar surface area (TPSA) is 84.2 Å². The molecule has 2 N–H and O–H groups in total. The molecule has 0 fully saturated rings. The summed E-state index contributed by atoms with van der Waals surface area (Å²) in [7, 11) is -1.72. The van der Waals surface area contributed by atoms with Gasteiger partial charge in [-0.25, -0.2) is 13.1 Å². The van der Waals surface area contributed by atoms with E-state index >= 15 is 0 Å². The van der Waals surface area contributed by atoms with Crippen LogP contribution in [0.15, 0.2) is 20.9 Å². The van der Waals surface area contributed by atoms with Gasteiger partial charge in [-0.3, -0.25) is 0 Å². The van der Waals surface area contributed by atoms with Gasteiger partial charge < -0.3 is 9.84 Å². The quantitative estimate of drug-likeness (QED) is 0.848. The summed E-state index contributed by atoms with van der Waals surface area (Å²) in [6, 6.07) is 3.05. The number of aromatic nitrogens is 1. The van der Waals surface area contributed by atoms with Gasteiger partial charge in [0.2, 0.25) is 0 Å². The third-order valence-electron chi connectivity index (χ3n) is 3.11. The Labute approximate surface area is 128 Å². The number of thiophene rings is 1. The van der Waals surface area contributed by atoms with Crippen LogP contribution in [0.1, 0.15) is 34.9 Å². The lowest BCUT2D eigenvalue weighted by atomic mass is 10.1. The maximum absolute atomic E-state index is 12.4. The zero-order chi connectivity index (χ0) is 15.6. The van der Waals surface area contributed by atoms with E-state index in [4.69, 9.17) is 4.52 Å². The van der Waals surface area contributed by atoms with Gasteiger partial charge in [0.1, 0.15) is 9.97 Å². The van der Waals surface area contributed by atoms with Crippen LogP contribution in [0.4, 0.5) is 0 Å². The van der Waals surface area contributed by atoms with Crippen LogP contribution >= 0.6 is 11.3 Å². The lowest BCUT2D eigenvalue weighted by Gasteiger charge is -2.13. The number of hydrogen-bond donors (Lipinski definition) is 2. The van der Waals surface area contributed by atoms with Crippen LogP contribution in [0.2, 0.25) is 0 Å². The van der Waals surface area contributed by atoms with Gasteiger partial charge >= 0.3 is 0 Å². The molecule has 0 saturated carbocycles. The molecule has 0 aliphatic rings. The van der Waals surface area contributed by atoms with E-state index in [1.807, 2.05) is 13.1 Å². The van der Waals surface area contributed by atoms with Crippen molar-refractivity contribution in [2.24, 2.45) is 0 Å². The van der Waals surface area contributed by atoms with E-state index in [1.165, 1.54) is 11.3 Å². The molecule has 8 heteroatoms. The first-order valence-corrected chi connectivity index (χ1v) is 8.83. The molecule has 0 radical (unpaired) electrons. The van der Waals surface area contributed by atoms with Crippen LogP contribution in [-0.2, 0) is 16.6 Å². The third-order valence-corrected chi connectivity index (χ3v) is 6.22. The summed E-state index contributed by atoms with van der Waals surface area (Å²) in [6.45, 7) is 6.01. The van der Waals surface area contributed by atoms with E-state index in [0.717, 1.165) is 10.4 Å². The van der Waals surface area contributed by atoms with E-state index in [2.05, 4.69) is 15.2 Å². The Morgan fingerprint density at radius 3 is 2.67 bits per heavy atom. The minimum absolute atomic E-state index is 0.311. The average molecular weight is 329 g/mol. The zero-order valence-corrected chi connectivity index (χ0v) is 14.1. The number of aryl methyl sites for hydroxylation is 2. The Morgan fingerprint density at radius 2 is 2.10 bits per heavy atom. The van der Waals surface area contributed by atoms with Gasteiger partial charge in [-0.15, -0.1) is 11.3 Å². The Hall–Kier alpha value is -1.22. The van der Waals surface area contributed by atoms with Crippen molar-refractivity contribution in [1.82, 2.24) is 15.2 Å². The average Bonchev–Trinajstić information content (AvgIpc) is 2.97. The van der Waals surface area contributed by atoms with Crippen LogP contribution in [-0.4, -0.2) is 20.6 Å². The number of nitrogens with zero attached hydrogens (tertiary/aromatic N) is 1. The Balaban J connectivity index is 2.20. The highest BCUT2D eigenvalue weighted by molar-refractivity contribution is 7.91. The molecule has 6 nitrogen and oxygen atoms in total. The highest BCUT2D eigenvalue weighted by Crippen LogP contribution is 2.26. The molecule has 0 aliphatic carbocycles. The fourth-order valence-electron chi connectivity index (χ4n) is 2.23. The van der Waals surface area contributed by atoms with Crippen molar-refractivity contribution in [3.8, 4) is 0 Å². The van der Waals surface area contributed by atoms with Crippen molar-refractivity contribution in [3.63, 3.8) is 0 Å². The van der Waals surface area contributed by atoms with Gasteiger partial charge in [0.05, 0.1) is 5.69 Å². The molecule has 1 unspecified atom stereocenters. The van der Waals surface area contributed by atoms with E-state index in [0.29, 0.717) is 22.2 Å². The summed E-state index contributed by atoms with van der Waals surface area (Å²) < 4.78 is 32.9. The maximum atomic E-state index is 12.4. The van der Waals surface area contributed by atoms with Crippen LogP contribution in [0, 0.1) is 13.8 Å². The summed E-state index contributed by atoms with van der Waals surface area (Å²) >= 11 is 1.26. The second-order valence-electron chi connectivity index (χ2n) is 4.83. The van der Waals surface area contributed by atoms with Crippen molar-refractivity contribution < 1.29 is 12.9 Å². The number of hydrogen-bond acceptors (Lipinski definition) is 6. The van der Waals surface area contributed by atoms with Crippen LogP contribution < -0.4 is 10.0 Å². The predicted molar refractivity (Wildman–Crippen MR) is 81.8 cm³/mol. The first kappa shape index (κ1) is 16.2. The van der Waals surface area contributed by atoms with Crippen molar-refractivity contribution in [2.45, 2.75) is 37.6 Å². The lowest BCUT2D eigenvalue weighted by molar-refractivity contribution is 0.391. The fourth-order valence-corrected chi connectivity index (χ4v) is 4.83. The van der Waals surface area contributed by atoms with Gasteiger partial charge in [0.15, 0.2) is 0 Å². The molecule has 0 aromatic carbocycles. The Bertz CT molecular complexity index is 699. The highest BCUT2D eigenvalue weighted by atomic mass is 32.2. The van der Waals surface area contributed by atoms with Gasteiger partial charge in [0, 0.05) is 23.0 Å². The minimum atomic E-state index is -3.55.